The minimum absolute atomic E-state index is 0.429. The molecular weight excluding hydrogens is 344 g/mol. The van der Waals surface area contributed by atoms with Crippen molar-refractivity contribution in [2.24, 2.45) is 5.18 Å². The third-order valence-electron chi connectivity index (χ3n) is 4.13. The summed E-state index contributed by atoms with van der Waals surface area (Å²) in [6.45, 7) is 6.34. The van der Waals surface area contributed by atoms with E-state index in [1.165, 1.54) is 5.69 Å². The Morgan fingerprint density at radius 2 is 1.81 bits per heavy atom. The highest BCUT2D eigenvalue weighted by Gasteiger charge is 2.04. The highest BCUT2D eigenvalue weighted by atomic mass is 32.2. The molecular formula is C20H26N4OS. The Morgan fingerprint density at radius 3 is 2.42 bits per heavy atom. The maximum Gasteiger partial charge on any atom is 0.131 e. The summed E-state index contributed by atoms with van der Waals surface area (Å²) in [4.78, 5) is 13.1. The van der Waals surface area contributed by atoms with Crippen molar-refractivity contribution >= 4 is 34.5 Å². The number of thioether (sulfide) groups is 1. The lowest BCUT2D eigenvalue weighted by atomic mass is 10.1. The van der Waals surface area contributed by atoms with Crippen LogP contribution in [0.4, 0.5) is 17.1 Å². The third kappa shape index (κ3) is 5.26. The topological polar surface area (TPSA) is 56.7 Å². The van der Waals surface area contributed by atoms with Crippen LogP contribution in [0.2, 0.25) is 0 Å². The van der Waals surface area contributed by atoms with E-state index in [2.05, 4.69) is 64.2 Å². The van der Waals surface area contributed by atoms with Crippen molar-refractivity contribution in [2.75, 3.05) is 36.2 Å². The van der Waals surface area contributed by atoms with E-state index in [0.717, 1.165) is 30.0 Å². The highest BCUT2D eigenvalue weighted by Crippen LogP contribution is 2.25. The highest BCUT2D eigenvalue weighted by molar-refractivity contribution is 8.02. The molecule has 0 saturated heterocycles. The molecule has 0 atom stereocenters. The second kappa shape index (κ2) is 10.5. The molecule has 0 spiro atoms. The molecule has 2 rings (SSSR count). The second-order valence-corrected chi connectivity index (χ2v) is 6.45. The van der Waals surface area contributed by atoms with Crippen LogP contribution >= 0.6 is 11.8 Å². The zero-order valence-electron chi connectivity index (χ0n) is 15.5. The molecule has 2 aromatic rings. The van der Waals surface area contributed by atoms with Gasteiger partial charge in [0.1, 0.15) is 5.69 Å². The van der Waals surface area contributed by atoms with Crippen molar-refractivity contribution in [3.63, 3.8) is 0 Å². The lowest BCUT2D eigenvalue weighted by Gasteiger charge is -2.21. The lowest BCUT2D eigenvalue weighted by molar-refractivity contribution is 0.866. The van der Waals surface area contributed by atoms with Crippen molar-refractivity contribution < 1.29 is 0 Å². The fourth-order valence-electron chi connectivity index (χ4n) is 2.66. The lowest BCUT2D eigenvalue weighted by Crippen LogP contribution is -2.21. The van der Waals surface area contributed by atoms with E-state index in [1.807, 2.05) is 19.2 Å². The van der Waals surface area contributed by atoms with Crippen LogP contribution in [0.3, 0.4) is 0 Å². The summed E-state index contributed by atoms with van der Waals surface area (Å²) < 4.78 is 0. The SMILES string of the molecule is CCN(CC)c1ccc(/C(=C/SCNc2ccccc2N=O)NC)cc1. The molecule has 0 unspecified atom stereocenters. The minimum atomic E-state index is 0.429. The van der Waals surface area contributed by atoms with Crippen LogP contribution in [-0.2, 0) is 0 Å². The molecule has 26 heavy (non-hydrogen) atoms. The van der Waals surface area contributed by atoms with Gasteiger partial charge in [0.2, 0.25) is 0 Å². The minimum Gasteiger partial charge on any atom is -0.387 e. The first kappa shape index (κ1) is 19.8. The van der Waals surface area contributed by atoms with Gasteiger partial charge >= 0.3 is 0 Å². The number of rotatable bonds is 10. The number of hydrogen-bond acceptors (Lipinski definition) is 6. The number of hydrogen-bond donors (Lipinski definition) is 2. The Bertz CT molecular complexity index is 727. The first-order valence-corrected chi connectivity index (χ1v) is 9.79. The van der Waals surface area contributed by atoms with Gasteiger partial charge in [0, 0.05) is 31.5 Å². The molecule has 0 bridgehead atoms. The van der Waals surface area contributed by atoms with Gasteiger partial charge in [0.15, 0.2) is 0 Å². The van der Waals surface area contributed by atoms with E-state index in [1.54, 1.807) is 23.9 Å². The maximum absolute atomic E-state index is 10.8. The molecule has 0 aliphatic rings. The van der Waals surface area contributed by atoms with Gasteiger partial charge in [-0.1, -0.05) is 24.3 Å². The molecule has 0 aliphatic heterocycles. The van der Waals surface area contributed by atoms with Crippen molar-refractivity contribution in [3.8, 4) is 0 Å². The molecule has 0 saturated carbocycles. The Morgan fingerprint density at radius 1 is 1.12 bits per heavy atom. The Kier molecular flexibility index (Phi) is 8.02. The molecule has 0 fully saturated rings. The van der Waals surface area contributed by atoms with Crippen molar-refractivity contribution in [1.29, 1.82) is 0 Å². The number of para-hydroxylation sites is 1. The summed E-state index contributed by atoms with van der Waals surface area (Å²) in [6, 6.07) is 15.8. The molecule has 2 N–H and O–H groups in total. The predicted molar refractivity (Wildman–Crippen MR) is 115 cm³/mol. The van der Waals surface area contributed by atoms with Crippen molar-refractivity contribution in [2.45, 2.75) is 13.8 Å². The van der Waals surface area contributed by atoms with Crippen LogP contribution in [-0.4, -0.2) is 26.0 Å². The van der Waals surface area contributed by atoms with Crippen LogP contribution in [0.5, 0.6) is 0 Å². The molecule has 2 aromatic carbocycles. The van der Waals surface area contributed by atoms with Gasteiger partial charge in [0.25, 0.3) is 0 Å². The van der Waals surface area contributed by atoms with Crippen LogP contribution < -0.4 is 15.5 Å². The van der Waals surface area contributed by atoms with E-state index in [4.69, 9.17) is 0 Å². The summed E-state index contributed by atoms with van der Waals surface area (Å²) in [7, 11) is 1.92. The number of nitrogens with zero attached hydrogens (tertiary/aromatic N) is 2. The second-order valence-electron chi connectivity index (χ2n) is 5.60. The summed E-state index contributed by atoms with van der Waals surface area (Å²) in [5.74, 6) is 0.648. The largest absolute Gasteiger partial charge is 0.387 e. The standard InChI is InChI=1S/C20H26N4OS/c1-4-24(5-2)17-12-10-16(11-13-17)20(21-3)14-26-15-22-18-8-6-7-9-19(18)23-25/h6-14,21-22H,4-5,15H2,1-3H3/b20-14-. The molecule has 0 radical (unpaired) electrons. The van der Waals surface area contributed by atoms with E-state index >= 15 is 0 Å². The fourth-order valence-corrected chi connectivity index (χ4v) is 3.40. The van der Waals surface area contributed by atoms with Crippen LogP contribution in [0.15, 0.2) is 59.1 Å². The monoisotopic (exact) mass is 370 g/mol. The Labute approximate surface area is 159 Å². The average Bonchev–Trinajstić information content (AvgIpc) is 2.70. The zero-order valence-corrected chi connectivity index (χ0v) is 16.3. The summed E-state index contributed by atoms with van der Waals surface area (Å²) in [6.07, 6.45) is 0. The van der Waals surface area contributed by atoms with Crippen LogP contribution in [0.1, 0.15) is 19.4 Å². The number of nitrogens with one attached hydrogen (secondary N) is 2. The molecule has 6 heteroatoms. The van der Waals surface area contributed by atoms with E-state index < -0.39 is 0 Å². The van der Waals surface area contributed by atoms with Gasteiger partial charge in [-0.3, -0.25) is 0 Å². The predicted octanol–water partition coefficient (Wildman–Crippen LogP) is 5.25. The molecule has 0 aliphatic carbocycles. The summed E-state index contributed by atoms with van der Waals surface area (Å²) in [5.41, 5.74) is 4.62. The van der Waals surface area contributed by atoms with E-state index in [-0.39, 0.29) is 0 Å². The van der Waals surface area contributed by atoms with Gasteiger partial charge in [-0.05, 0) is 54.3 Å². The number of benzene rings is 2. The van der Waals surface area contributed by atoms with Crippen LogP contribution in [0.25, 0.3) is 5.70 Å². The quantitative estimate of drug-likeness (QED) is 0.340. The molecule has 0 heterocycles. The van der Waals surface area contributed by atoms with Gasteiger partial charge in [0.05, 0.1) is 11.6 Å². The van der Waals surface area contributed by atoms with Gasteiger partial charge in [-0.15, -0.1) is 16.7 Å². The molecule has 0 aromatic heterocycles. The smallest absolute Gasteiger partial charge is 0.131 e. The summed E-state index contributed by atoms with van der Waals surface area (Å²) in [5, 5.41) is 11.6. The molecule has 138 valence electrons. The van der Waals surface area contributed by atoms with Gasteiger partial charge in [-0.2, -0.15) is 0 Å². The third-order valence-corrected chi connectivity index (χ3v) is 4.84. The Balaban J connectivity index is 1.98. The van der Waals surface area contributed by atoms with E-state index in [0.29, 0.717) is 11.6 Å². The summed E-state index contributed by atoms with van der Waals surface area (Å²) >= 11 is 1.62. The van der Waals surface area contributed by atoms with E-state index in [9.17, 15) is 4.91 Å². The van der Waals surface area contributed by atoms with Gasteiger partial charge < -0.3 is 15.5 Å². The first-order chi connectivity index (χ1) is 12.7. The first-order valence-electron chi connectivity index (χ1n) is 8.74. The molecule has 0 amide bonds. The molecule has 5 nitrogen and oxygen atoms in total. The number of nitroso groups, excluding NO2 is 1. The maximum atomic E-state index is 10.8. The average molecular weight is 371 g/mol. The van der Waals surface area contributed by atoms with Crippen molar-refractivity contribution in [3.05, 3.63) is 64.4 Å². The van der Waals surface area contributed by atoms with Crippen LogP contribution in [0, 0.1) is 4.91 Å². The zero-order chi connectivity index (χ0) is 18.8. The number of anilines is 2. The van der Waals surface area contributed by atoms with Crippen molar-refractivity contribution in [1.82, 2.24) is 5.32 Å². The fraction of sp³-hybridized carbons (Fsp3) is 0.300. The normalized spacial score (nSPS) is 11.1. The Hall–Kier alpha value is -2.47. The van der Waals surface area contributed by atoms with Gasteiger partial charge in [-0.25, -0.2) is 0 Å².